The van der Waals surface area contributed by atoms with Gasteiger partial charge in [-0.1, -0.05) is 26.8 Å². The summed E-state index contributed by atoms with van der Waals surface area (Å²) in [6.45, 7) is 13.5. The first-order chi connectivity index (χ1) is 8.34. The minimum Gasteiger partial charge on any atom is -0.472 e. The lowest BCUT2D eigenvalue weighted by Crippen LogP contribution is -2.27. The zero-order valence-corrected chi connectivity index (χ0v) is 12.5. The number of aromatic nitrogens is 1. The standard InChI is InChI=1S/C15H26N2O/c1-7-15(5,6)18-14-9-8-13(12(4)17-14)10-16-11(2)3/h8-9,11,16H,7,10H2,1-6H3. The molecule has 0 unspecified atom stereocenters. The number of hydrogen-bond donors (Lipinski definition) is 1. The van der Waals surface area contributed by atoms with E-state index in [1.807, 2.05) is 13.0 Å². The number of aryl methyl sites for hydroxylation is 1. The Balaban J connectivity index is 2.73. The molecule has 102 valence electrons. The molecule has 0 fully saturated rings. The third-order valence-corrected chi connectivity index (χ3v) is 3.10. The van der Waals surface area contributed by atoms with Crippen molar-refractivity contribution in [3.8, 4) is 5.88 Å². The highest BCUT2D eigenvalue weighted by atomic mass is 16.5. The van der Waals surface area contributed by atoms with Crippen LogP contribution in [0.3, 0.4) is 0 Å². The van der Waals surface area contributed by atoms with Crippen molar-refractivity contribution in [3.05, 3.63) is 23.4 Å². The molecule has 0 spiro atoms. The summed E-state index contributed by atoms with van der Waals surface area (Å²) < 4.78 is 5.88. The summed E-state index contributed by atoms with van der Waals surface area (Å²) in [6, 6.07) is 4.54. The average Bonchev–Trinajstić information content (AvgIpc) is 2.27. The van der Waals surface area contributed by atoms with E-state index in [1.165, 1.54) is 5.56 Å². The molecule has 3 nitrogen and oxygen atoms in total. The Morgan fingerprint density at radius 1 is 1.33 bits per heavy atom. The summed E-state index contributed by atoms with van der Waals surface area (Å²) >= 11 is 0. The van der Waals surface area contributed by atoms with Crippen molar-refractivity contribution < 1.29 is 4.74 Å². The molecule has 1 rings (SSSR count). The average molecular weight is 250 g/mol. The van der Waals surface area contributed by atoms with Gasteiger partial charge in [-0.05, 0) is 32.8 Å². The molecule has 0 aliphatic heterocycles. The maximum atomic E-state index is 5.88. The topological polar surface area (TPSA) is 34.1 Å². The summed E-state index contributed by atoms with van der Waals surface area (Å²) in [5, 5.41) is 3.40. The normalized spacial score (nSPS) is 11.9. The summed E-state index contributed by atoms with van der Waals surface area (Å²) in [7, 11) is 0. The first-order valence-corrected chi connectivity index (χ1v) is 6.73. The maximum Gasteiger partial charge on any atom is 0.213 e. The molecule has 0 bridgehead atoms. The molecule has 0 radical (unpaired) electrons. The van der Waals surface area contributed by atoms with Crippen LogP contribution in [0.4, 0.5) is 0 Å². The van der Waals surface area contributed by atoms with Crippen LogP contribution < -0.4 is 10.1 Å². The van der Waals surface area contributed by atoms with Crippen LogP contribution in [0.5, 0.6) is 5.88 Å². The summed E-state index contributed by atoms with van der Waals surface area (Å²) in [5.41, 5.74) is 2.11. The predicted molar refractivity (Wildman–Crippen MR) is 75.9 cm³/mol. The van der Waals surface area contributed by atoms with Crippen LogP contribution in [0, 0.1) is 6.92 Å². The highest BCUT2D eigenvalue weighted by molar-refractivity contribution is 5.25. The Kier molecular flexibility index (Phi) is 5.15. The van der Waals surface area contributed by atoms with Gasteiger partial charge in [0.1, 0.15) is 5.60 Å². The Labute approximate surface area is 111 Å². The van der Waals surface area contributed by atoms with Gasteiger partial charge in [-0.25, -0.2) is 4.98 Å². The van der Waals surface area contributed by atoms with Crippen LogP contribution in [-0.2, 0) is 6.54 Å². The molecule has 1 N–H and O–H groups in total. The lowest BCUT2D eigenvalue weighted by Gasteiger charge is -2.24. The van der Waals surface area contributed by atoms with Crippen molar-refractivity contribution in [2.45, 2.75) is 66.2 Å². The van der Waals surface area contributed by atoms with Crippen LogP contribution >= 0.6 is 0 Å². The second-order valence-corrected chi connectivity index (χ2v) is 5.64. The zero-order chi connectivity index (χ0) is 13.8. The molecule has 1 aromatic rings. The molecule has 0 saturated heterocycles. The lowest BCUT2D eigenvalue weighted by molar-refractivity contribution is 0.0988. The van der Waals surface area contributed by atoms with Crippen LogP contribution in [0.15, 0.2) is 12.1 Å². The highest BCUT2D eigenvalue weighted by Gasteiger charge is 2.17. The molecule has 0 saturated carbocycles. The van der Waals surface area contributed by atoms with Crippen LogP contribution in [-0.4, -0.2) is 16.6 Å². The van der Waals surface area contributed by atoms with Gasteiger partial charge in [-0.2, -0.15) is 0 Å². The molecule has 0 aromatic carbocycles. The third-order valence-electron chi connectivity index (χ3n) is 3.10. The molecule has 0 aliphatic rings. The first kappa shape index (κ1) is 15.0. The summed E-state index contributed by atoms with van der Waals surface area (Å²) in [6.07, 6.45) is 0.963. The monoisotopic (exact) mass is 250 g/mol. The molecule has 0 atom stereocenters. The van der Waals surface area contributed by atoms with Gasteiger partial charge in [-0.15, -0.1) is 0 Å². The van der Waals surface area contributed by atoms with Crippen LogP contribution in [0.2, 0.25) is 0 Å². The number of nitrogens with one attached hydrogen (secondary N) is 1. The van der Waals surface area contributed by atoms with Gasteiger partial charge in [0.2, 0.25) is 5.88 Å². The van der Waals surface area contributed by atoms with E-state index in [1.54, 1.807) is 0 Å². The van der Waals surface area contributed by atoms with Gasteiger partial charge in [0.05, 0.1) is 0 Å². The molecular weight excluding hydrogens is 224 g/mol. The molecule has 3 heteroatoms. The molecular formula is C15H26N2O. The molecule has 1 heterocycles. The summed E-state index contributed by atoms with van der Waals surface area (Å²) in [4.78, 5) is 4.52. The van der Waals surface area contributed by atoms with E-state index in [0.29, 0.717) is 11.9 Å². The Morgan fingerprint density at radius 3 is 2.50 bits per heavy atom. The first-order valence-electron chi connectivity index (χ1n) is 6.73. The van der Waals surface area contributed by atoms with Crippen molar-refractivity contribution in [1.82, 2.24) is 10.3 Å². The van der Waals surface area contributed by atoms with E-state index in [0.717, 1.165) is 18.7 Å². The SMILES string of the molecule is CCC(C)(C)Oc1ccc(CNC(C)C)c(C)n1. The van der Waals surface area contributed by atoms with E-state index in [-0.39, 0.29) is 5.60 Å². The third kappa shape index (κ3) is 4.65. The van der Waals surface area contributed by atoms with E-state index in [9.17, 15) is 0 Å². The molecule has 0 amide bonds. The van der Waals surface area contributed by atoms with Gasteiger partial charge in [0.25, 0.3) is 0 Å². The van der Waals surface area contributed by atoms with Crippen molar-refractivity contribution in [2.75, 3.05) is 0 Å². The number of rotatable bonds is 6. The minimum absolute atomic E-state index is 0.156. The van der Waals surface area contributed by atoms with Crippen molar-refractivity contribution in [1.29, 1.82) is 0 Å². The van der Waals surface area contributed by atoms with E-state index >= 15 is 0 Å². The predicted octanol–water partition coefficient (Wildman–Crippen LogP) is 3.46. The van der Waals surface area contributed by atoms with Crippen LogP contribution in [0.25, 0.3) is 0 Å². The molecule has 0 aliphatic carbocycles. The Bertz CT molecular complexity index is 386. The van der Waals surface area contributed by atoms with Crippen molar-refractivity contribution >= 4 is 0 Å². The highest BCUT2D eigenvalue weighted by Crippen LogP contribution is 2.20. The van der Waals surface area contributed by atoms with E-state index < -0.39 is 0 Å². The minimum atomic E-state index is -0.156. The Morgan fingerprint density at radius 2 is 2.00 bits per heavy atom. The van der Waals surface area contributed by atoms with Crippen LogP contribution in [0.1, 0.15) is 52.3 Å². The lowest BCUT2D eigenvalue weighted by atomic mass is 10.1. The largest absolute Gasteiger partial charge is 0.472 e. The Hall–Kier alpha value is -1.09. The van der Waals surface area contributed by atoms with Gasteiger partial charge in [0.15, 0.2) is 0 Å². The van der Waals surface area contributed by atoms with Crippen molar-refractivity contribution in [3.63, 3.8) is 0 Å². The molecule has 1 aromatic heterocycles. The maximum absolute atomic E-state index is 5.88. The number of ether oxygens (including phenoxy) is 1. The second kappa shape index (κ2) is 6.19. The fourth-order valence-corrected chi connectivity index (χ4v) is 1.48. The smallest absolute Gasteiger partial charge is 0.213 e. The van der Waals surface area contributed by atoms with Crippen molar-refractivity contribution in [2.24, 2.45) is 0 Å². The van der Waals surface area contributed by atoms with Gasteiger partial charge in [0, 0.05) is 24.3 Å². The fourth-order valence-electron chi connectivity index (χ4n) is 1.48. The van der Waals surface area contributed by atoms with Gasteiger partial charge < -0.3 is 10.1 Å². The fraction of sp³-hybridized carbons (Fsp3) is 0.667. The molecule has 18 heavy (non-hydrogen) atoms. The zero-order valence-electron chi connectivity index (χ0n) is 12.5. The number of nitrogens with zero attached hydrogens (tertiary/aromatic N) is 1. The number of pyridine rings is 1. The summed E-state index contributed by atoms with van der Waals surface area (Å²) in [5.74, 6) is 0.715. The quantitative estimate of drug-likeness (QED) is 0.839. The number of hydrogen-bond acceptors (Lipinski definition) is 3. The van der Waals surface area contributed by atoms with E-state index in [4.69, 9.17) is 4.74 Å². The van der Waals surface area contributed by atoms with E-state index in [2.05, 4.69) is 51.0 Å². The second-order valence-electron chi connectivity index (χ2n) is 5.64. The van der Waals surface area contributed by atoms with Gasteiger partial charge >= 0.3 is 0 Å². The van der Waals surface area contributed by atoms with Gasteiger partial charge in [-0.3, -0.25) is 0 Å².